The van der Waals surface area contributed by atoms with Gasteiger partial charge in [-0.05, 0) is 39.3 Å². The molecule has 1 heterocycles. The highest BCUT2D eigenvalue weighted by molar-refractivity contribution is 5.53. The number of aromatic nitrogens is 1. The van der Waals surface area contributed by atoms with Crippen molar-refractivity contribution in [2.24, 2.45) is 0 Å². The van der Waals surface area contributed by atoms with Crippen LogP contribution in [0.2, 0.25) is 0 Å². The average Bonchev–Trinajstić information content (AvgIpc) is 2.23. The van der Waals surface area contributed by atoms with Crippen LogP contribution in [-0.2, 0) is 9.53 Å². The third-order valence-electron chi connectivity index (χ3n) is 1.73. The van der Waals surface area contributed by atoms with Crippen molar-refractivity contribution >= 4 is 12.5 Å². The molecule has 0 unspecified atom stereocenters. The quantitative estimate of drug-likeness (QED) is 0.736. The summed E-state index contributed by atoms with van der Waals surface area (Å²) in [4.78, 5) is 13.4. The normalized spacial score (nSPS) is 8.50. The van der Waals surface area contributed by atoms with E-state index in [1.807, 2.05) is 19.2 Å². The fourth-order valence-electron chi connectivity index (χ4n) is 1.03. The summed E-state index contributed by atoms with van der Waals surface area (Å²) in [5, 5.41) is 0. The van der Waals surface area contributed by atoms with Crippen LogP contribution in [0.4, 0.5) is 0 Å². The zero-order chi connectivity index (χ0) is 12.4. The van der Waals surface area contributed by atoms with E-state index < -0.39 is 0 Å². The molecular weight excluding hydrogens is 202 g/mol. The molecule has 0 N–H and O–H groups in total. The second-order valence-corrected chi connectivity index (χ2v) is 3.45. The Morgan fingerprint density at radius 1 is 1.50 bits per heavy atom. The third-order valence-corrected chi connectivity index (χ3v) is 1.73. The number of carbonyl (C=O) groups is 1. The van der Waals surface area contributed by atoms with Crippen molar-refractivity contribution in [2.75, 3.05) is 6.61 Å². The summed E-state index contributed by atoms with van der Waals surface area (Å²) in [5.41, 5.74) is 3.61. The molecule has 0 atom stereocenters. The average molecular weight is 221 g/mol. The Kier molecular flexibility index (Phi) is 7.76. The van der Waals surface area contributed by atoms with Crippen LogP contribution >= 0.6 is 0 Å². The lowest BCUT2D eigenvalue weighted by Gasteiger charge is -1.97. The number of aryl methyl sites for hydroxylation is 1. The monoisotopic (exact) mass is 221 g/mol. The second kappa shape index (κ2) is 8.65. The molecule has 0 aromatic carbocycles. The lowest BCUT2D eigenvalue weighted by molar-refractivity contribution is -0.128. The van der Waals surface area contributed by atoms with Crippen molar-refractivity contribution in [2.45, 2.75) is 27.7 Å². The second-order valence-electron chi connectivity index (χ2n) is 3.45. The van der Waals surface area contributed by atoms with Crippen LogP contribution in [0.3, 0.4) is 0 Å². The summed E-state index contributed by atoms with van der Waals surface area (Å²) in [6.07, 6.45) is 3.96. The van der Waals surface area contributed by atoms with Crippen LogP contribution in [0, 0.1) is 6.92 Å². The van der Waals surface area contributed by atoms with Crippen LogP contribution in [0.25, 0.3) is 6.08 Å². The van der Waals surface area contributed by atoms with Crippen molar-refractivity contribution in [3.8, 4) is 0 Å². The molecule has 1 rings (SSSR count). The highest BCUT2D eigenvalue weighted by atomic mass is 16.5. The fraction of sp³-hybridized carbons (Fsp3) is 0.385. The first-order valence-corrected chi connectivity index (χ1v) is 5.23. The molecule has 0 aliphatic carbocycles. The molecule has 0 spiro atoms. The van der Waals surface area contributed by atoms with E-state index in [4.69, 9.17) is 0 Å². The number of rotatable bonds is 3. The molecule has 16 heavy (non-hydrogen) atoms. The molecule has 0 aliphatic rings. The van der Waals surface area contributed by atoms with E-state index in [9.17, 15) is 4.79 Å². The summed E-state index contributed by atoms with van der Waals surface area (Å²) < 4.78 is 4.15. The van der Waals surface area contributed by atoms with Crippen LogP contribution in [0.15, 0.2) is 23.9 Å². The minimum atomic E-state index is 0.431. The van der Waals surface area contributed by atoms with E-state index >= 15 is 0 Å². The molecule has 0 amide bonds. The summed E-state index contributed by atoms with van der Waals surface area (Å²) in [6, 6.07) is 4.04. The van der Waals surface area contributed by atoms with Gasteiger partial charge in [0.15, 0.2) is 0 Å². The molecule has 0 saturated heterocycles. The number of ether oxygens (including phenoxy) is 1. The zero-order valence-electron chi connectivity index (χ0n) is 10.4. The number of hydrogen-bond donors (Lipinski definition) is 0. The number of nitrogens with zero attached hydrogens (tertiary/aromatic N) is 1. The predicted molar refractivity (Wildman–Crippen MR) is 66.0 cm³/mol. The molecule has 0 saturated carbocycles. The van der Waals surface area contributed by atoms with Gasteiger partial charge in [-0.1, -0.05) is 17.7 Å². The van der Waals surface area contributed by atoms with Crippen molar-refractivity contribution in [3.63, 3.8) is 0 Å². The number of carbonyl (C=O) groups excluding carboxylic acids is 1. The van der Waals surface area contributed by atoms with Gasteiger partial charge in [-0.3, -0.25) is 9.78 Å². The van der Waals surface area contributed by atoms with Gasteiger partial charge in [0.05, 0.1) is 6.61 Å². The zero-order valence-corrected chi connectivity index (χ0v) is 10.4. The van der Waals surface area contributed by atoms with Gasteiger partial charge >= 0.3 is 0 Å². The lowest BCUT2D eigenvalue weighted by atomic mass is 10.1. The van der Waals surface area contributed by atoms with Crippen LogP contribution in [-0.4, -0.2) is 18.1 Å². The Morgan fingerprint density at radius 2 is 2.19 bits per heavy atom. The van der Waals surface area contributed by atoms with Gasteiger partial charge in [-0.2, -0.15) is 0 Å². The van der Waals surface area contributed by atoms with Crippen LogP contribution < -0.4 is 0 Å². The van der Waals surface area contributed by atoms with Crippen molar-refractivity contribution in [3.05, 3.63) is 35.2 Å². The van der Waals surface area contributed by atoms with Gasteiger partial charge in [0.1, 0.15) is 0 Å². The molecule has 88 valence electrons. The molecule has 0 bridgehead atoms. The van der Waals surface area contributed by atoms with Gasteiger partial charge in [0.2, 0.25) is 0 Å². The maximum absolute atomic E-state index is 9.18. The predicted octanol–water partition coefficient (Wildman–Crippen LogP) is 2.99. The van der Waals surface area contributed by atoms with E-state index in [0.29, 0.717) is 13.1 Å². The Bertz CT molecular complexity index is 342. The minimum absolute atomic E-state index is 0.431. The lowest BCUT2D eigenvalue weighted by Crippen LogP contribution is -1.83. The Morgan fingerprint density at radius 3 is 2.56 bits per heavy atom. The fourth-order valence-corrected chi connectivity index (χ4v) is 1.03. The molecule has 0 fully saturated rings. The topological polar surface area (TPSA) is 39.2 Å². The van der Waals surface area contributed by atoms with Crippen LogP contribution in [0.1, 0.15) is 32.0 Å². The first-order chi connectivity index (χ1) is 7.61. The maximum atomic E-state index is 9.18. The molecule has 3 heteroatoms. The van der Waals surface area contributed by atoms with Crippen molar-refractivity contribution < 1.29 is 9.53 Å². The largest absolute Gasteiger partial charge is 0.468 e. The van der Waals surface area contributed by atoms with Gasteiger partial charge < -0.3 is 4.74 Å². The Hall–Kier alpha value is -1.64. The van der Waals surface area contributed by atoms with E-state index in [1.54, 1.807) is 6.92 Å². The SMILES string of the molecule is CC(C)=Cc1cccnc1C.CCOC=O. The van der Waals surface area contributed by atoms with E-state index in [2.05, 4.69) is 35.7 Å². The summed E-state index contributed by atoms with van der Waals surface area (Å²) in [7, 11) is 0. The summed E-state index contributed by atoms with van der Waals surface area (Å²) >= 11 is 0. The first kappa shape index (κ1) is 14.4. The standard InChI is InChI=1S/C10H13N.C3H6O2/c1-8(2)7-10-5-4-6-11-9(10)3;1-2-5-3-4/h4-7H,1-3H3;3H,2H2,1H3. The van der Waals surface area contributed by atoms with Crippen molar-refractivity contribution in [1.29, 1.82) is 0 Å². The van der Waals surface area contributed by atoms with Gasteiger partial charge in [-0.25, -0.2) is 0 Å². The summed E-state index contributed by atoms with van der Waals surface area (Å²) in [6.45, 7) is 8.87. The maximum Gasteiger partial charge on any atom is 0.293 e. The van der Waals surface area contributed by atoms with E-state index in [-0.39, 0.29) is 0 Å². The molecule has 1 aromatic heterocycles. The van der Waals surface area contributed by atoms with Gasteiger partial charge in [-0.15, -0.1) is 0 Å². The smallest absolute Gasteiger partial charge is 0.293 e. The minimum Gasteiger partial charge on any atom is -0.468 e. The number of hydrogen-bond acceptors (Lipinski definition) is 3. The molecule has 0 aliphatic heterocycles. The molecule has 1 aromatic rings. The highest BCUT2D eigenvalue weighted by Crippen LogP contribution is 2.08. The number of allylic oxidation sites excluding steroid dienone is 1. The Labute approximate surface area is 97.2 Å². The van der Waals surface area contributed by atoms with E-state index in [1.165, 1.54) is 11.1 Å². The van der Waals surface area contributed by atoms with Gasteiger partial charge in [0, 0.05) is 11.9 Å². The van der Waals surface area contributed by atoms with Crippen molar-refractivity contribution in [1.82, 2.24) is 4.98 Å². The van der Waals surface area contributed by atoms with Crippen LogP contribution in [0.5, 0.6) is 0 Å². The van der Waals surface area contributed by atoms with Gasteiger partial charge in [0.25, 0.3) is 6.47 Å². The molecule has 0 radical (unpaired) electrons. The number of pyridine rings is 1. The first-order valence-electron chi connectivity index (χ1n) is 5.23. The van der Waals surface area contributed by atoms with E-state index in [0.717, 1.165) is 5.69 Å². The highest BCUT2D eigenvalue weighted by Gasteiger charge is 1.91. The molecular formula is C13H19NO2. The third kappa shape index (κ3) is 6.76. The molecule has 3 nitrogen and oxygen atoms in total. The summed E-state index contributed by atoms with van der Waals surface area (Å²) in [5.74, 6) is 0. The Balaban J connectivity index is 0.000000385.